The third-order valence-electron chi connectivity index (χ3n) is 3.29. The van der Waals surface area contributed by atoms with Crippen molar-refractivity contribution in [3.8, 4) is 0 Å². The van der Waals surface area contributed by atoms with Crippen molar-refractivity contribution in [3.63, 3.8) is 0 Å². The predicted octanol–water partition coefficient (Wildman–Crippen LogP) is 1.64. The highest BCUT2D eigenvalue weighted by molar-refractivity contribution is 7.89. The van der Waals surface area contributed by atoms with Crippen molar-refractivity contribution in [2.75, 3.05) is 18.9 Å². The fourth-order valence-corrected chi connectivity index (χ4v) is 3.81. The third-order valence-corrected chi connectivity index (χ3v) is 5.98. The number of rotatable bonds is 7. The summed E-state index contributed by atoms with van der Waals surface area (Å²) in [6.07, 6.45) is 0. The van der Waals surface area contributed by atoms with Crippen LogP contribution in [0.25, 0.3) is 0 Å². The lowest BCUT2D eigenvalue weighted by Crippen LogP contribution is -2.38. The zero-order chi connectivity index (χ0) is 18.4. The molecule has 1 aromatic heterocycles. The molecule has 0 atom stereocenters. The molecule has 134 valence electrons. The van der Waals surface area contributed by atoms with Crippen LogP contribution in [0.5, 0.6) is 0 Å². The summed E-state index contributed by atoms with van der Waals surface area (Å²) in [6.45, 7) is 1.46. The molecule has 0 radical (unpaired) electrons. The van der Waals surface area contributed by atoms with Gasteiger partial charge in [-0.15, -0.1) is 11.3 Å². The van der Waals surface area contributed by atoms with Crippen LogP contribution >= 0.6 is 11.3 Å². The van der Waals surface area contributed by atoms with Gasteiger partial charge in [0.1, 0.15) is 0 Å². The van der Waals surface area contributed by atoms with Crippen LogP contribution in [0.4, 0.5) is 5.69 Å². The first-order valence-electron chi connectivity index (χ1n) is 7.42. The zero-order valence-electron chi connectivity index (χ0n) is 13.9. The molecule has 0 aliphatic carbocycles. The number of nitrogens with zero attached hydrogens (tertiary/aromatic N) is 1. The lowest BCUT2D eigenvalue weighted by atomic mass is 10.3. The first-order chi connectivity index (χ1) is 11.8. The molecule has 25 heavy (non-hydrogen) atoms. The minimum absolute atomic E-state index is 0.0511. The molecular formula is C16H19N3O4S2. The summed E-state index contributed by atoms with van der Waals surface area (Å²) in [6, 6.07) is 9.55. The van der Waals surface area contributed by atoms with Gasteiger partial charge in [-0.2, -0.15) is 4.31 Å². The molecule has 2 amide bonds. The van der Waals surface area contributed by atoms with Gasteiger partial charge >= 0.3 is 0 Å². The zero-order valence-corrected chi connectivity index (χ0v) is 15.5. The van der Waals surface area contributed by atoms with E-state index in [1.165, 1.54) is 49.6 Å². The van der Waals surface area contributed by atoms with E-state index in [1.54, 1.807) is 0 Å². The minimum atomic E-state index is -3.79. The molecule has 9 heteroatoms. The Labute approximate surface area is 150 Å². The van der Waals surface area contributed by atoms with Gasteiger partial charge in [0, 0.05) is 24.5 Å². The van der Waals surface area contributed by atoms with Crippen LogP contribution in [0.3, 0.4) is 0 Å². The average molecular weight is 381 g/mol. The Morgan fingerprint density at radius 1 is 1.16 bits per heavy atom. The third kappa shape index (κ3) is 5.38. The molecule has 0 aliphatic rings. The standard InChI is InChI=1S/C16H19N3O4S2/c1-12(20)18-13-5-7-15(8-6-13)25(22,23)19(2)11-16(21)17-10-14-4-3-9-24-14/h3-9H,10-11H2,1-2H3,(H,17,21)(H,18,20). The summed E-state index contributed by atoms with van der Waals surface area (Å²) < 4.78 is 26.0. The molecule has 2 aromatic rings. The van der Waals surface area contributed by atoms with Crippen molar-refractivity contribution in [3.05, 3.63) is 46.7 Å². The van der Waals surface area contributed by atoms with Crippen molar-refractivity contribution in [2.45, 2.75) is 18.4 Å². The molecule has 2 N–H and O–H groups in total. The molecule has 1 aromatic carbocycles. The van der Waals surface area contributed by atoms with Crippen molar-refractivity contribution >= 4 is 38.9 Å². The quantitative estimate of drug-likeness (QED) is 0.762. The van der Waals surface area contributed by atoms with Crippen LogP contribution in [0.1, 0.15) is 11.8 Å². The molecule has 1 heterocycles. The second-order valence-corrected chi connectivity index (χ2v) is 8.40. The number of carbonyl (C=O) groups is 2. The highest BCUT2D eigenvalue weighted by Crippen LogP contribution is 2.17. The van der Waals surface area contributed by atoms with Crippen LogP contribution in [0.2, 0.25) is 0 Å². The van der Waals surface area contributed by atoms with Crippen LogP contribution < -0.4 is 10.6 Å². The van der Waals surface area contributed by atoms with Gasteiger partial charge in [0.05, 0.1) is 18.0 Å². The number of likely N-dealkylation sites (N-methyl/N-ethyl adjacent to an activating group) is 1. The molecule has 0 saturated heterocycles. The van der Waals surface area contributed by atoms with E-state index in [2.05, 4.69) is 10.6 Å². The summed E-state index contributed by atoms with van der Waals surface area (Å²) in [4.78, 5) is 24.0. The summed E-state index contributed by atoms with van der Waals surface area (Å²) >= 11 is 1.52. The van der Waals surface area contributed by atoms with E-state index < -0.39 is 10.0 Å². The van der Waals surface area contributed by atoms with E-state index in [1.807, 2.05) is 17.5 Å². The Bertz CT molecular complexity index is 831. The molecule has 0 bridgehead atoms. The van der Waals surface area contributed by atoms with Gasteiger partial charge in [0.25, 0.3) is 0 Å². The molecule has 2 rings (SSSR count). The van der Waals surface area contributed by atoms with E-state index in [4.69, 9.17) is 0 Å². The lowest BCUT2D eigenvalue weighted by Gasteiger charge is -2.17. The Hall–Kier alpha value is -2.23. The highest BCUT2D eigenvalue weighted by Gasteiger charge is 2.22. The molecular weight excluding hydrogens is 362 g/mol. The SMILES string of the molecule is CC(=O)Nc1ccc(S(=O)(=O)N(C)CC(=O)NCc2cccs2)cc1. The monoisotopic (exact) mass is 381 g/mol. The fraction of sp³-hybridized carbons (Fsp3) is 0.250. The van der Waals surface area contributed by atoms with Crippen LogP contribution in [-0.2, 0) is 26.2 Å². The van der Waals surface area contributed by atoms with Gasteiger partial charge < -0.3 is 10.6 Å². The van der Waals surface area contributed by atoms with E-state index in [0.717, 1.165) is 9.18 Å². The van der Waals surface area contributed by atoms with E-state index in [-0.39, 0.29) is 23.3 Å². The molecule has 0 aliphatic heterocycles. The van der Waals surface area contributed by atoms with Crippen molar-refractivity contribution in [1.82, 2.24) is 9.62 Å². The number of thiophene rings is 1. The summed E-state index contributed by atoms with van der Waals surface area (Å²) in [5.74, 6) is -0.621. The number of hydrogen-bond acceptors (Lipinski definition) is 5. The maximum atomic E-state index is 12.5. The Morgan fingerprint density at radius 2 is 1.84 bits per heavy atom. The van der Waals surface area contributed by atoms with E-state index in [9.17, 15) is 18.0 Å². The maximum absolute atomic E-state index is 12.5. The number of benzene rings is 1. The van der Waals surface area contributed by atoms with Gasteiger partial charge in [-0.05, 0) is 35.7 Å². The topological polar surface area (TPSA) is 95.6 Å². The fourth-order valence-electron chi connectivity index (χ4n) is 2.04. The van der Waals surface area contributed by atoms with Crippen LogP contribution in [-0.4, -0.2) is 38.1 Å². The minimum Gasteiger partial charge on any atom is -0.350 e. The Balaban J connectivity index is 1.97. The smallest absolute Gasteiger partial charge is 0.243 e. The van der Waals surface area contributed by atoms with Crippen molar-refractivity contribution in [2.24, 2.45) is 0 Å². The predicted molar refractivity (Wildman–Crippen MR) is 96.7 cm³/mol. The van der Waals surface area contributed by atoms with Crippen molar-refractivity contribution < 1.29 is 18.0 Å². The highest BCUT2D eigenvalue weighted by atomic mass is 32.2. The maximum Gasteiger partial charge on any atom is 0.243 e. The largest absolute Gasteiger partial charge is 0.350 e. The van der Waals surface area contributed by atoms with E-state index >= 15 is 0 Å². The number of nitrogens with one attached hydrogen (secondary N) is 2. The summed E-state index contributed by atoms with van der Waals surface area (Å²) in [5.41, 5.74) is 0.503. The van der Waals surface area contributed by atoms with Gasteiger partial charge in [0.15, 0.2) is 0 Å². The summed E-state index contributed by atoms with van der Waals surface area (Å²) in [7, 11) is -2.44. The van der Waals surface area contributed by atoms with Crippen LogP contribution in [0.15, 0.2) is 46.7 Å². The molecule has 0 unspecified atom stereocenters. The molecule has 7 nitrogen and oxygen atoms in total. The first kappa shape index (κ1) is 19.1. The second kappa shape index (κ2) is 8.24. The molecule has 0 spiro atoms. The van der Waals surface area contributed by atoms with E-state index in [0.29, 0.717) is 12.2 Å². The number of amides is 2. The number of hydrogen-bond donors (Lipinski definition) is 2. The van der Waals surface area contributed by atoms with Gasteiger partial charge in [-0.3, -0.25) is 9.59 Å². The number of sulfonamides is 1. The van der Waals surface area contributed by atoms with Gasteiger partial charge in [-0.25, -0.2) is 8.42 Å². The molecule has 0 fully saturated rings. The summed E-state index contributed by atoms with van der Waals surface area (Å²) in [5, 5.41) is 7.16. The van der Waals surface area contributed by atoms with Crippen LogP contribution in [0, 0.1) is 0 Å². The Kier molecular flexibility index (Phi) is 6.29. The second-order valence-electron chi connectivity index (χ2n) is 5.32. The van der Waals surface area contributed by atoms with Gasteiger partial charge in [0.2, 0.25) is 21.8 Å². The number of carbonyl (C=O) groups excluding carboxylic acids is 2. The Morgan fingerprint density at radius 3 is 2.40 bits per heavy atom. The molecule has 0 saturated carbocycles. The normalized spacial score (nSPS) is 11.3. The number of anilines is 1. The lowest BCUT2D eigenvalue weighted by molar-refractivity contribution is -0.121. The average Bonchev–Trinajstić information content (AvgIpc) is 3.06. The van der Waals surface area contributed by atoms with Gasteiger partial charge in [-0.1, -0.05) is 6.07 Å². The first-order valence-corrected chi connectivity index (χ1v) is 9.74. The van der Waals surface area contributed by atoms with Crippen molar-refractivity contribution in [1.29, 1.82) is 0 Å².